The van der Waals surface area contributed by atoms with Gasteiger partial charge in [0.05, 0.1) is 0 Å². The van der Waals surface area contributed by atoms with E-state index in [0.29, 0.717) is 5.41 Å². The second kappa shape index (κ2) is 12.0. The minimum Gasteiger partial charge on any atom is -0.382 e. The number of ether oxygens (including phenoxy) is 1. The van der Waals surface area contributed by atoms with Crippen LogP contribution in [0.3, 0.4) is 0 Å². The van der Waals surface area contributed by atoms with Gasteiger partial charge >= 0.3 is 0 Å². The van der Waals surface area contributed by atoms with Crippen molar-refractivity contribution >= 4 is 0 Å². The van der Waals surface area contributed by atoms with Crippen molar-refractivity contribution in [2.24, 2.45) is 5.41 Å². The Kier molecular flexibility index (Phi) is 11.9. The molecule has 0 aliphatic rings. The van der Waals surface area contributed by atoms with Crippen molar-refractivity contribution in [3.63, 3.8) is 0 Å². The molecule has 0 rings (SSSR count). The van der Waals surface area contributed by atoms with Gasteiger partial charge in [0.2, 0.25) is 0 Å². The fourth-order valence-electron chi connectivity index (χ4n) is 2.56. The lowest BCUT2D eigenvalue weighted by Crippen LogP contribution is -2.34. The van der Waals surface area contributed by atoms with Gasteiger partial charge in [0.1, 0.15) is 0 Å². The van der Waals surface area contributed by atoms with E-state index < -0.39 is 0 Å². The first kappa shape index (κ1) is 17.9. The van der Waals surface area contributed by atoms with E-state index in [4.69, 9.17) is 4.74 Å². The highest BCUT2D eigenvalue weighted by Gasteiger charge is 2.26. The summed E-state index contributed by atoms with van der Waals surface area (Å²) in [6.45, 7) is 13.1. The molecule has 2 heteroatoms. The molecule has 1 unspecified atom stereocenters. The Balaban J connectivity index is 4.15. The van der Waals surface area contributed by atoms with Crippen LogP contribution in [-0.4, -0.2) is 26.3 Å². The van der Waals surface area contributed by atoms with Crippen LogP contribution in [0.15, 0.2) is 0 Å². The van der Waals surface area contributed by atoms with E-state index in [1.807, 2.05) is 0 Å². The van der Waals surface area contributed by atoms with Gasteiger partial charge in [-0.05, 0) is 51.0 Å². The first-order valence-corrected chi connectivity index (χ1v) is 8.03. The van der Waals surface area contributed by atoms with Crippen LogP contribution < -0.4 is 5.32 Å². The van der Waals surface area contributed by atoms with Crippen molar-refractivity contribution in [3.05, 3.63) is 0 Å². The van der Waals surface area contributed by atoms with Crippen molar-refractivity contribution in [1.82, 2.24) is 5.32 Å². The van der Waals surface area contributed by atoms with Gasteiger partial charge in [0.25, 0.3) is 0 Å². The summed E-state index contributed by atoms with van der Waals surface area (Å²) in [5, 5.41) is 3.64. The Labute approximate surface area is 115 Å². The summed E-state index contributed by atoms with van der Waals surface area (Å²) < 4.78 is 5.48. The maximum Gasteiger partial charge on any atom is 0.0466 e. The van der Waals surface area contributed by atoms with E-state index in [9.17, 15) is 0 Å². The Hall–Kier alpha value is -0.0800. The van der Waals surface area contributed by atoms with Gasteiger partial charge in [0, 0.05) is 19.8 Å². The second-order valence-corrected chi connectivity index (χ2v) is 5.43. The number of nitrogens with one attached hydrogen (secondary N) is 1. The molecule has 0 saturated heterocycles. The lowest BCUT2D eigenvalue weighted by atomic mass is 9.76. The van der Waals surface area contributed by atoms with Crippen LogP contribution in [-0.2, 0) is 4.74 Å². The van der Waals surface area contributed by atoms with E-state index in [1.165, 1.54) is 51.5 Å². The molecule has 0 saturated carbocycles. The molecule has 0 amide bonds. The van der Waals surface area contributed by atoms with Crippen molar-refractivity contribution < 1.29 is 4.74 Å². The molecule has 0 aliphatic carbocycles. The Bertz CT molecular complexity index is 172. The highest BCUT2D eigenvalue weighted by Crippen LogP contribution is 2.33. The monoisotopic (exact) mass is 257 g/mol. The standard InChI is InChI=1S/C16H35NO/c1-5-9-11-16(7-3,15-17-13-6-2)12-10-14-18-8-4/h17H,5-15H2,1-4H3. The predicted molar refractivity (Wildman–Crippen MR) is 81.1 cm³/mol. The quantitative estimate of drug-likeness (QED) is 0.494. The van der Waals surface area contributed by atoms with E-state index in [0.717, 1.165) is 19.8 Å². The fourth-order valence-corrected chi connectivity index (χ4v) is 2.56. The molecule has 0 bridgehead atoms. The van der Waals surface area contributed by atoms with E-state index in [1.54, 1.807) is 0 Å². The molecule has 0 aromatic rings. The number of unbranched alkanes of at least 4 members (excludes halogenated alkanes) is 1. The average molecular weight is 257 g/mol. The van der Waals surface area contributed by atoms with E-state index in [2.05, 4.69) is 33.0 Å². The number of rotatable bonds is 13. The summed E-state index contributed by atoms with van der Waals surface area (Å²) >= 11 is 0. The van der Waals surface area contributed by atoms with Crippen LogP contribution in [0.5, 0.6) is 0 Å². The number of hydrogen-bond donors (Lipinski definition) is 1. The molecule has 18 heavy (non-hydrogen) atoms. The average Bonchev–Trinajstić information content (AvgIpc) is 2.40. The minimum absolute atomic E-state index is 0.502. The largest absolute Gasteiger partial charge is 0.382 e. The van der Waals surface area contributed by atoms with Crippen LogP contribution in [0.1, 0.15) is 72.6 Å². The summed E-state index contributed by atoms with van der Waals surface area (Å²) in [6.07, 6.45) is 9.06. The second-order valence-electron chi connectivity index (χ2n) is 5.43. The van der Waals surface area contributed by atoms with Gasteiger partial charge in [-0.1, -0.05) is 33.6 Å². The van der Waals surface area contributed by atoms with Crippen molar-refractivity contribution in [3.8, 4) is 0 Å². The first-order valence-electron chi connectivity index (χ1n) is 8.03. The Morgan fingerprint density at radius 2 is 1.67 bits per heavy atom. The third-order valence-corrected chi connectivity index (χ3v) is 3.94. The van der Waals surface area contributed by atoms with Crippen molar-refractivity contribution in [2.45, 2.75) is 72.6 Å². The molecule has 0 fully saturated rings. The van der Waals surface area contributed by atoms with Gasteiger partial charge in [-0.3, -0.25) is 0 Å². The van der Waals surface area contributed by atoms with Crippen molar-refractivity contribution in [1.29, 1.82) is 0 Å². The minimum atomic E-state index is 0.502. The van der Waals surface area contributed by atoms with Gasteiger partial charge in [0.15, 0.2) is 0 Å². The van der Waals surface area contributed by atoms with Crippen LogP contribution in [0.2, 0.25) is 0 Å². The molecule has 110 valence electrons. The van der Waals surface area contributed by atoms with Gasteiger partial charge in [-0.2, -0.15) is 0 Å². The summed E-state index contributed by atoms with van der Waals surface area (Å²) in [6, 6.07) is 0. The van der Waals surface area contributed by atoms with Crippen molar-refractivity contribution in [2.75, 3.05) is 26.3 Å². The van der Waals surface area contributed by atoms with Gasteiger partial charge in [-0.25, -0.2) is 0 Å². The number of hydrogen-bond acceptors (Lipinski definition) is 2. The molecule has 2 nitrogen and oxygen atoms in total. The fraction of sp³-hybridized carbons (Fsp3) is 1.00. The Morgan fingerprint density at radius 1 is 0.944 bits per heavy atom. The lowest BCUT2D eigenvalue weighted by molar-refractivity contribution is 0.120. The zero-order valence-electron chi connectivity index (χ0n) is 13.2. The van der Waals surface area contributed by atoms with Crippen LogP contribution in [0.4, 0.5) is 0 Å². The van der Waals surface area contributed by atoms with Crippen LogP contribution in [0.25, 0.3) is 0 Å². The highest BCUT2D eigenvalue weighted by atomic mass is 16.5. The third kappa shape index (κ3) is 8.10. The molecule has 0 heterocycles. The summed E-state index contributed by atoms with van der Waals surface area (Å²) in [7, 11) is 0. The normalized spacial score (nSPS) is 14.7. The van der Waals surface area contributed by atoms with E-state index in [-0.39, 0.29) is 0 Å². The molecular weight excluding hydrogens is 222 g/mol. The maximum absolute atomic E-state index is 5.48. The summed E-state index contributed by atoms with van der Waals surface area (Å²) in [5.41, 5.74) is 0.502. The molecule has 0 radical (unpaired) electrons. The molecule has 1 N–H and O–H groups in total. The zero-order chi connectivity index (χ0) is 13.7. The van der Waals surface area contributed by atoms with Gasteiger partial charge in [-0.15, -0.1) is 0 Å². The molecule has 0 aromatic heterocycles. The SMILES string of the molecule is CCCCC(CC)(CCCOCC)CNCCC. The molecule has 1 atom stereocenters. The molecular formula is C16H35NO. The topological polar surface area (TPSA) is 21.3 Å². The van der Waals surface area contributed by atoms with E-state index >= 15 is 0 Å². The lowest BCUT2D eigenvalue weighted by Gasteiger charge is -2.33. The Morgan fingerprint density at radius 3 is 2.22 bits per heavy atom. The molecule has 0 aliphatic heterocycles. The predicted octanol–water partition coefficient (Wildman–Crippen LogP) is 4.39. The molecule has 0 aromatic carbocycles. The molecule has 0 spiro atoms. The third-order valence-electron chi connectivity index (χ3n) is 3.94. The smallest absolute Gasteiger partial charge is 0.0466 e. The van der Waals surface area contributed by atoms with Crippen LogP contribution >= 0.6 is 0 Å². The van der Waals surface area contributed by atoms with Crippen LogP contribution in [0, 0.1) is 5.41 Å². The summed E-state index contributed by atoms with van der Waals surface area (Å²) in [5.74, 6) is 0. The first-order chi connectivity index (χ1) is 8.74. The summed E-state index contributed by atoms with van der Waals surface area (Å²) in [4.78, 5) is 0. The maximum atomic E-state index is 5.48. The van der Waals surface area contributed by atoms with Gasteiger partial charge < -0.3 is 10.1 Å². The zero-order valence-corrected chi connectivity index (χ0v) is 13.2. The highest BCUT2D eigenvalue weighted by molar-refractivity contribution is 4.80.